The van der Waals surface area contributed by atoms with Crippen LogP contribution in [0.15, 0.2) is 30.3 Å². The monoisotopic (exact) mass is 349 g/mol. The van der Waals surface area contributed by atoms with Crippen LogP contribution in [0.3, 0.4) is 0 Å². The van der Waals surface area contributed by atoms with E-state index in [4.69, 9.17) is 15.2 Å². The summed E-state index contributed by atoms with van der Waals surface area (Å²) >= 11 is 0. The summed E-state index contributed by atoms with van der Waals surface area (Å²) in [6.45, 7) is 8.58. The molecule has 1 aromatic rings. The molecule has 0 aromatic heterocycles. The van der Waals surface area contributed by atoms with E-state index < -0.39 is 0 Å². The van der Waals surface area contributed by atoms with Gasteiger partial charge in [-0.25, -0.2) is 4.79 Å². The molecule has 25 heavy (non-hydrogen) atoms. The first-order valence-electron chi connectivity index (χ1n) is 9.08. The molecule has 6 nitrogen and oxygen atoms in total. The van der Waals surface area contributed by atoms with Gasteiger partial charge in [-0.15, -0.1) is 0 Å². The molecule has 140 valence electrons. The van der Waals surface area contributed by atoms with Gasteiger partial charge in [-0.1, -0.05) is 44.2 Å². The minimum Gasteiger partial charge on any atom is -0.445 e. The molecule has 0 radical (unpaired) electrons. The third-order valence-corrected chi connectivity index (χ3v) is 4.63. The summed E-state index contributed by atoms with van der Waals surface area (Å²) in [5, 5.41) is 3.42. The number of hydrogen-bond acceptors (Lipinski definition) is 5. The van der Waals surface area contributed by atoms with Gasteiger partial charge in [-0.05, 0) is 30.5 Å². The van der Waals surface area contributed by atoms with E-state index in [1.54, 1.807) is 4.90 Å². The number of morpholine rings is 1. The number of benzene rings is 1. The Morgan fingerprint density at radius 1 is 1.40 bits per heavy atom. The smallest absolute Gasteiger partial charge is 0.410 e. The van der Waals surface area contributed by atoms with Gasteiger partial charge in [0.15, 0.2) is 0 Å². The number of nitrogens with one attached hydrogen (secondary N) is 1. The van der Waals surface area contributed by atoms with Crippen molar-refractivity contribution in [2.45, 2.75) is 26.6 Å². The maximum absolute atomic E-state index is 12.2. The Bertz CT molecular complexity index is 510. The molecule has 1 heterocycles. The van der Waals surface area contributed by atoms with Crippen molar-refractivity contribution in [2.24, 2.45) is 17.6 Å². The topological polar surface area (TPSA) is 76.8 Å². The first-order valence-corrected chi connectivity index (χ1v) is 9.08. The quantitative estimate of drug-likeness (QED) is 0.749. The van der Waals surface area contributed by atoms with E-state index in [-0.39, 0.29) is 12.2 Å². The fourth-order valence-electron chi connectivity index (χ4n) is 2.84. The molecule has 1 saturated heterocycles. The Balaban J connectivity index is 1.71. The summed E-state index contributed by atoms with van der Waals surface area (Å²) in [6.07, 6.45) is -0.289. The molecule has 1 amide bonds. The number of ether oxygens (including phenoxy) is 2. The van der Waals surface area contributed by atoms with Crippen LogP contribution in [0, 0.1) is 11.8 Å². The normalized spacial score (nSPS) is 19.0. The van der Waals surface area contributed by atoms with E-state index in [1.165, 1.54) is 0 Å². The molecule has 1 aliphatic rings. The first-order chi connectivity index (χ1) is 12.1. The molecule has 1 aliphatic heterocycles. The highest BCUT2D eigenvalue weighted by atomic mass is 16.6. The number of rotatable bonds is 8. The molecule has 0 saturated carbocycles. The Kier molecular flexibility index (Phi) is 8.18. The van der Waals surface area contributed by atoms with Gasteiger partial charge < -0.3 is 25.4 Å². The second-order valence-electron chi connectivity index (χ2n) is 6.88. The molecule has 0 aliphatic carbocycles. The summed E-state index contributed by atoms with van der Waals surface area (Å²) in [4.78, 5) is 14.0. The van der Waals surface area contributed by atoms with Gasteiger partial charge in [0.2, 0.25) is 0 Å². The maximum atomic E-state index is 12.2. The van der Waals surface area contributed by atoms with Gasteiger partial charge in [0.1, 0.15) is 6.61 Å². The predicted molar refractivity (Wildman–Crippen MR) is 98.2 cm³/mol. The van der Waals surface area contributed by atoms with Crippen molar-refractivity contribution in [3.8, 4) is 0 Å². The molecule has 0 spiro atoms. The van der Waals surface area contributed by atoms with Crippen molar-refractivity contribution < 1.29 is 14.3 Å². The average molecular weight is 349 g/mol. The van der Waals surface area contributed by atoms with Crippen molar-refractivity contribution in [1.29, 1.82) is 0 Å². The van der Waals surface area contributed by atoms with Gasteiger partial charge >= 0.3 is 6.09 Å². The fourth-order valence-corrected chi connectivity index (χ4v) is 2.84. The summed E-state index contributed by atoms with van der Waals surface area (Å²) in [7, 11) is 0. The van der Waals surface area contributed by atoms with Crippen molar-refractivity contribution in [3.63, 3.8) is 0 Å². The van der Waals surface area contributed by atoms with Crippen molar-refractivity contribution in [1.82, 2.24) is 10.2 Å². The molecule has 1 aromatic carbocycles. The lowest BCUT2D eigenvalue weighted by Gasteiger charge is -2.32. The first kappa shape index (κ1) is 19.7. The Hall–Kier alpha value is -1.63. The van der Waals surface area contributed by atoms with Crippen molar-refractivity contribution in [2.75, 3.05) is 39.3 Å². The molecule has 2 atom stereocenters. The van der Waals surface area contributed by atoms with Crippen LogP contribution in [-0.4, -0.2) is 56.4 Å². The summed E-state index contributed by atoms with van der Waals surface area (Å²) < 4.78 is 11.2. The molecule has 1 fully saturated rings. The Labute approximate surface area is 150 Å². The minimum atomic E-state index is -0.279. The largest absolute Gasteiger partial charge is 0.445 e. The van der Waals surface area contributed by atoms with E-state index in [0.29, 0.717) is 51.2 Å². The third-order valence-electron chi connectivity index (χ3n) is 4.63. The number of nitrogens with two attached hydrogens (primary N) is 1. The van der Waals surface area contributed by atoms with Gasteiger partial charge in [0.05, 0.1) is 19.3 Å². The van der Waals surface area contributed by atoms with E-state index in [2.05, 4.69) is 19.2 Å². The van der Waals surface area contributed by atoms with Crippen LogP contribution in [0.2, 0.25) is 0 Å². The zero-order valence-corrected chi connectivity index (χ0v) is 15.3. The van der Waals surface area contributed by atoms with Gasteiger partial charge in [-0.2, -0.15) is 0 Å². The summed E-state index contributed by atoms with van der Waals surface area (Å²) in [5.41, 5.74) is 6.79. The van der Waals surface area contributed by atoms with E-state index in [1.807, 2.05) is 30.3 Å². The van der Waals surface area contributed by atoms with Gasteiger partial charge in [0.25, 0.3) is 0 Å². The number of carbonyl (C=O) groups is 1. The van der Waals surface area contributed by atoms with Crippen LogP contribution in [0.5, 0.6) is 0 Å². The van der Waals surface area contributed by atoms with E-state index >= 15 is 0 Å². The van der Waals surface area contributed by atoms with Crippen LogP contribution in [0.25, 0.3) is 0 Å². The van der Waals surface area contributed by atoms with Crippen LogP contribution in [0.4, 0.5) is 4.79 Å². The zero-order valence-electron chi connectivity index (χ0n) is 15.3. The van der Waals surface area contributed by atoms with Gasteiger partial charge in [-0.3, -0.25) is 0 Å². The third kappa shape index (κ3) is 6.65. The number of nitrogens with zero attached hydrogens (tertiary/aromatic N) is 1. The number of carbonyl (C=O) groups excluding carboxylic acids is 1. The Morgan fingerprint density at radius 2 is 2.16 bits per heavy atom. The van der Waals surface area contributed by atoms with Crippen LogP contribution < -0.4 is 11.1 Å². The molecular formula is C19H31N3O3. The lowest BCUT2D eigenvalue weighted by Crippen LogP contribution is -2.49. The summed E-state index contributed by atoms with van der Waals surface area (Å²) in [5.74, 6) is 1.00. The van der Waals surface area contributed by atoms with Crippen molar-refractivity contribution in [3.05, 3.63) is 35.9 Å². The van der Waals surface area contributed by atoms with Crippen LogP contribution in [-0.2, 0) is 16.1 Å². The molecule has 0 bridgehead atoms. The SMILES string of the molecule is CC(C)C(CN)CNCC1CN(C(=O)OCc2ccccc2)CCO1. The molecular weight excluding hydrogens is 318 g/mol. The second kappa shape index (κ2) is 10.4. The van der Waals surface area contributed by atoms with Crippen molar-refractivity contribution >= 4 is 6.09 Å². The molecule has 6 heteroatoms. The molecule has 2 rings (SSSR count). The van der Waals surface area contributed by atoms with E-state index in [0.717, 1.165) is 12.1 Å². The fraction of sp³-hybridized carbons (Fsp3) is 0.632. The number of hydrogen-bond donors (Lipinski definition) is 2. The second-order valence-corrected chi connectivity index (χ2v) is 6.88. The summed E-state index contributed by atoms with van der Waals surface area (Å²) in [6, 6.07) is 9.71. The number of amides is 1. The predicted octanol–water partition coefficient (Wildman–Crippen LogP) is 1.84. The van der Waals surface area contributed by atoms with E-state index in [9.17, 15) is 4.79 Å². The molecule has 3 N–H and O–H groups in total. The van der Waals surface area contributed by atoms with Crippen LogP contribution in [0.1, 0.15) is 19.4 Å². The zero-order chi connectivity index (χ0) is 18.1. The van der Waals surface area contributed by atoms with Gasteiger partial charge in [0, 0.05) is 13.1 Å². The lowest BCUT2D eigenvalue weighted by molar-refractivity contribution is -0.0273. The highest BCUT2D eigenvalue weighted by Crippen LogP contribution is 2.10. The molecule has 2 unspecified atom stereocenters. The average Bonchev–Trinajstić information content (AvgIpc) is 2.64. The maximum Gasteiger partial charge on any atom is 0.410 e. The highest BCUT2D eigenvalue weighted by Gasteiger charge is 2.25. The highest BCUT2D eigenvalue weighted by molar-refractivity contribution is 5.67. The van der Waals surface area contributed by atoms with Crippen LogP contribution >= 0.6 is 0 Å². The lowest BCUT2D eigenvalue weighted by atomic mass is 9.96. The minimum absolute atomic E-state index is 0.0105. The Morgan fingerprint density at radius 3 is 2.84 bits per heavy atom. The standard InChI is InChI=1S/C19H31N3O3/c1-15(2)17(10-20)11-21-12-18-13-22(8-9-24-18)19(23)25-14-16-6-4-3-5-7-16/h3-7,15,17-18,21H,8-14,20H2,1-2H3.